The molecule has 0 unspecified atom stereocenters. The molecule has 9 heteroatoms. The average Bonchev–Trinajstić information content (AvgIpc) is 3.39. The van der Waals surface area contributed by atoms with E-state index in [2.05, 4.69) is 24.6 Å². The number of amides is 1. The van der Waals surface area contributed by atoms with Gasteiger partial charge in [-0.25, -0.2) is 14.3 Å². The molecule has 1 aliphatic carbocycles. The molecule has 0 aromatic carbocycles. The van der Waals surface area contributed by atoms with Crippen LogP contribution >= 0.6 is 11.5 Å². The Kier molecular flexibility index (Phi) is 5.05. The van der Waals surface area contributed by atoms with Crippen LogP contribution in [0.1, 0.15) is 23.5 Å². The van der Waals surface area contributed by atoms with Crippen molar-refractivity contribution in [2.45, 2.75) is 18.8 Å². The number of nitrogen functional groups attached to an aromatic ring is 1. The second kappa shape index (κ2) is 8.01. The van der Waals surface area contributed by atoms with Crippen LogP contribution < -0.4 is 11.1 Å². The Bertz CT molecular complexity index is 1260. The molecule has 4 aromatic heterocycles. The van der Waals surface area contributed by atoms with Gasteiger partial charge in [0.2, 0.25) is 5.91 Å². The number of rotatable bonds is 6. The van der Waals surface area contributed by atoms with E-state index in [-0.39, 0.29) is 24.3 Å². The Hall–Kier alpha value is -3.43. The molecule has 1 aliphatic rings. The summed E-state index contributed by atoms with van der Waals surface area (Å²) in [5.74, 6) is 0.973. The van der Waals surface area contributed by atoms with Crippen LogP contribution in [-0.2, 0) is 11.2 Å². The van der Waals surface area contributed by atoms with Gasteiger partial charge in [-0.3, -0.25) is 9.78 Å². The van der Waals surface area contributed by atoms with Crippen molar-refractivity contribution in [2.24, 2.45) is 5.92 Å². The number of aliphatic hydroxyl groups is 1. The van der Waals surface area contributed by atoms with Crippen molar-refractivity contribution in [3.8, 4) is 11.3 Å². The quantitative estimate of drug-likeness (QED) is 0.427. The van der Waals surface area contributed by atoms with E-state index < -0.39 is 0 Å². The molecular formula is C22H20N6O2S. The van der Waals surface area contributed by atoms with E-state index in [1.165, 1.54) is 11.5 Å². The van der Waals surface area contributed by atoms with Crippen LogP contribution in [-0.4, -0.2) is 36.9 Å². The lowest BCUT2D eigenvalue weighted by molar-refractivity contribution is -0.117. The number of nitrogens with two attached hydrogens (primary N) is 1. The summed E-state index contributed by atoms with van der Waals surface area (Å²) in [5.41, 5.74) is 9.73. The molecule has 156 valence electrons. The minimum absolute atomic E-state index is 0.0315. The zero-order valence-corrected chi connectivity index (χ0v) is 17.3. The minimum atomic E-state index is -0.0524. The predicted octanol–water partition coefficient (Wildman–Crippen LogP) is 3.01. The zero-order valence-electron chi connectivity index (χ0n) is 16.5. The summed E-state index contributed by atoms with van der Waals surface area (Å²) in [4.78, 5) is 25.7. The summed E-state index contributed by atoms with van der Waals surface area (Å²) in [6.45, 7) is 0.0315. The molecule has 0 aliphatic heterocycles. The zero-order chi connectivity index (χ0) is 21.4. The van der Waals surface area contributed by atoms with E-state index in [9.17, 15) is 9.90 Å². The van der Waals surface area contributed by atoms with Gasteiger partial charge in [0, 0.05) is 53.6 Å². The van der Waals surface area contributed by atoms with Crippen molar-refractivity contribution in [3.63, 3.8) is 0 Å². The van der Waals surface area contributed by atoms with Gasteiger partial charge in [-0.05, 0) is 65.0 Å². The number of nitrogens with zero attached hydrogens (tertiary/aromatic N) is 4. The molecule has 31 heavy (non-hydrogen) atoms. The highest BCUT2D eigenvalue weighted by Gasteiger charge is 2.44. The molecule has 1 fully saturated rings. The number of pyridine rings is 3. The van der Waals surface area contributed by atoms with E-state index in [1.807, 2.05) is 23.7 Å². The number of hydrogen-bond donors (Lipinski definition) is 3. The van der Waals surface area contributed by atoms with Crippen LogP contribution in [0.3, 0.4) is 0 Å². The molecule has 8 nitrogen and oxygen atoms in total. The Morgan fingerprint density at radius 2 is 2.19 bits per heavy atom. The molecule has 0 saturated heterocycles. The fourth-order valence-corrected chi connectivity index (χ4v) is 4.44. The number of hydrogen-bond acceptors (Lipinski definition) is 8. The van der Waals surface area contributed by atoms with Gasteiger partial charge in [0.1, 0.15) is 11.6 Å². The first-order valence-corrected chi connectivity index (χ1v) is 10.8. The third-order valence-corrected chi connectivity index (χ3v) is 6.18. The molecule has 4 heterocycles. The third-order valence-electron chi connectivity index (χ3n) is 5.57. The van der Waals surface area contributed by atoms with Crippen LogP contribution in [0.25, 0.3) is 22.0 Å². The summed E-state index contributed by atoms with van der Waals surface area (Å²) >= 11 is 1.40. The first-order chi connectivity index (χ1) is 15.1. The second-order valence-electron chi connectivity index (χ2n) is 7.59. The van der Waals surface area contributed by atoms with Crippen LogP contribution in [0.5, 0.6) is 0 Å². The number of fused-ring (bicyclic) bond motifs is 1. The van der Waals surface area contributed by atoms with Gasteiger partial charge >= 0.3 is 0 Å². The third kappa shape index (κ3) is 3.85. The maximum atomic E-state index is 12.7. The molecule has 0 bridgehead atoms. The van der Waals surface area contributed by atoms with Crippen molar-refractivity contribution in [2.75, 3.05) is 17.7 Å². The monoisotopic (exact) mass is 432 g/mol. The van der Waals surface area contributed by atoms with Crippen LogP contribution in [0.4, 0.5) is 11.6 Å². The molecule has 2 atom stereocenters. The maximum absolute atomic E-state index is 12.7. The second-order valence-corrected chi connectivity index (χ2v) is 8.24. The lowest BCUT2D eigenvalue weighted by atomic mass is 10.0. The first-order valence-electron chi connectivity index (χ1n) is 9.94. The number of aromatic nitrogens is 4. The Balaban J connectivity index is 1.42. The average molecular weight is 433 g/mol. The van der Waals surface area contributed by atoms with Crippen LogP contribution in [0.15, 0.2) is 48.4 Å². The normalized spacial score (nSPS) is 17.6. The van der Waals surface area contributed by atoms with Gasteiger partial charge in [-0.1, -0.05) is 0 Å². The minimum Gasteiger partial charge on any atom is -0.396 e. The van der Waals surface area contributed by atoms with Gasteiger partial charge < -0.3 is 16.2 Å². The first kappa shape index (κ1) is 19.5. The van der Waals surface area contributed by atoms with Gasteiger partial charge in [0.25, 0.3) is 0 Å². The van der Waals surface area contributed by atoms with Crippen molar-refractivity contribution in [1.29, 1.82) is 0 Å². The van der Waals surface area contributed by atoms with Crippen molar-refractivity contribution in [3.05, 3.63) is 59.5 Å². The van der Waals surface area contributed by atoms with Crippen LogP contribution in [0.2, 0.25) is 0 Å². The van der Waals surface area contributed by atoms with Crippen molar-refractivity contribution < 1.29 is 9.90 Å². The molecular weight excluding hydrogens is 412 g/mol. The van der Waals surface area contributed by atoms with Gasteiger partial charge in [0.05, 0.1) is 5.69 Å². The highest BCUT2D eigenvalue weighted by molar-refractivity contribution is 7.03. The summed E-state index contributed by atoms with van der Waals surface area (Å²) in [5, 5.41) is 15.8. The Morgan fingerprint density at radius 3 is 3.00 bits per heavy atom. The highest BCUT2D eigenvalue weighted by atomic mass is 32.1. The lowest BCUT2D eigenvalue weighted by Crippen LogP contribution is -2.15. The summed E-state index contributed by atoms with van der Waals surface area (Å²) < 4.78 is 4.12. The van der Waals surface area contributed by atoms with Crippen molar-refractivity contribution >= 4 is 39.8 Å². The highest BCUT2D eigenvalue weighted by Crippen LogP contribution is 2.48. The predicted molar refractivity (Wildman–Crippen MR) is 120 cm³/mol. The van der Waals surface area contributed by atoms with Gasteiger partial charge in [-0.2, -0.15) is 0 Å². The largest absolute Gasteiger partial charge is 0.396 e. The fraction of sp³-hybridized carbons (Fsp3) is 0.227. The Labute approximate surface area is 182 Å². The van der Waals surface area contributed by atoms with E-state index in [0.717, 1.165) is 28.5 Å². The van der Waals surface area contributed by atoms with E-state index in [1.54, 1.807) is 24.7 Å². The SMILES string of the molecule is Nc1nc(-c2cnccc2CCO)cc2cc(NC(=O)[C@H]3C[C@@H]3c3cnsc3)ncc12. The summed E-state index contributed by atoms with van der Waals surface area (Å²) in [6, 6.07) is 5.57. The van der Waals surface area contributed by atoms with Crippen molar-refractivity contribution in [1.82, 2.24) is 19.3 Å². The van der Waals surface area contributed by atoms with Crippen LogP contribution in [0, 0.1) is 5.92 Å². The van der Waals surface area contributed by atoms with E-state index in [4.69, 9.17) is 5.73 Å². The van der Waals surface area contributed by atoms with E-state index in [0.29, 0.717) is 29.1 Å². The fourth-order valence-electron chi connectivity index (χ4n) is 3.84. The molecule has 4 aromatic rings. The molecule has 0 spiro atoms. The van der Waals surface area contributed by atoms with Gasteiger partial charge in [0.15, 0.2) is 0 Å². The lowest BCUT2D eigenvalue weighted by Gasteiger charge is -2.11. The maximum Gasteiger partial charge on any atom is 0.229 e. The molecule has 0 radical (unpaired) electrons. The molecule has 1 amide bonds. The number of nitrogens with one attached hydrogen (secondary N) is 1. The molecule has 4 N–H and O–H groups in total. The summed E-state index contributed by atoms with van der Waals surface area (Å²) in [7, 11) is 0. The molecule has 5 rings (SSSR count). The number of carbonyl (C=O) groups excluding carboxylic acids is 1. The number of anilines is 2. The standard InChI is InChI=1S/C22H20N6O2S/c23-21-18-10-25-20(28-22(30)16-7-15(16)14-8-26-31-11-14)6-13(18)5-19(27-21)17-9-24-3-1-12(17)2-4-29/h1,3,5-6,8-11,15-16,29H,2,4,7H2,(H2,23,27)(H,25,28,30)/t15-,16+/m1/s1. The topological polar surface area (TPSA) is 127 Å². The molecule has 1 saturated carbocycles. The number of carbonyl (C=O) groups is 1. The Morgan fingerprint density at radius 1 is 1.29 bits per heavy atom. The van der Waals surface area contributed by atoms with E-state index >= 15 is 0 Å². The smallest absolute Gasteiger partial charge is 0.229 e. The van der Waals surface area contributed by atoms with Gasteiger partial charge in [-0.15, -0.1) is 0 Å². The number of aliphatic hydroxyl groups excluding tert-OH is 1. The summed E-state index contributed by atoms with van der Waals surface area (Å²) in [6.07, 6.45) is 8.19.